The van der Waals surface area contributed by atoms with Crippen molar-refractivity contribution in [2.75, 3.05) is 0 Å². The summed E-state index contributed by atoms with van der Waals surface area (Å²) in [5, 5.41) is 0.121. The molecule has 1 heterocycles. The topological polar surface area (TPSA) is 39.2 Å². The van der Waals surface area contributed by atoms with Crippen LogP contribution in [0.25, 0.3) is 0 Å². The van der Waals surface area contributed by atoms with Gasteiger partial charge >= 0.3 is 0 Å². The maximum Gasteiger partial charge on any atom is 0.142 e. The van der Waals surface area contributed by atoms with Gasteiger partial charge in [0.1, 0.15) is 11.6 Å². The van der Waals surface area contributed by atoms with E-state index in [0.717, 1.165) is 5.56 Å². The molecule has 1 aromatic heterocycles. The van der Waals surface area contributed by atoms with Gasteiger partial charge in [-0.05, 0) is 36.2 Å². The summed E-state index contributed by atoms with van der Waals surface area (Å²) in [4.78, 5) is 0. The highest BCUT2D eigenvalue weighted by atomic mass is 35.5. The SMILES string of the molecule is NC(Cc1ccc(Cl)c(F)c1)c1ccco1. The number of hydrogen-bond donors (Lipinski definition) is 1. The molecule has 16 heavy (non-hydrogen) atoms. The lowest BCUT2D eigenvalue weighted by Crippen LogP contribution is -2.12. The van der Waals surface area contributed by atoms with Crippen molar-refractivity contribution in [3.8, 4) is 0 Å². The summed E-state index contributed by atoms with van der Waals surface area (Å²) in [7, 11) is 0. The molecule has 0 fully saturated rings. The van der Waals surface area contributed by atoms with Crippen molar-refractivity contribution in [3.05, 3.63) is 58.8 Å². The third kappa shape index (κ3) is 2.43. The van der Waals surface area contributed by atoms with Crippen LogP contribution in [0.3, 0.4) is 0 Å². The Bertz CT molecular complexity index is 470. The molecule has 0 aliphatic carbocycles. The van der Waals surface area contributed by atoms with Crippen LogP contribution < -0.4 is 5.73 Å². The molecule has 2 rings (SSSR count). The van der Waals surface area contributed by atoms with Crippen molar-refractivity contribution < 1.29 is 8.81 Å². The zero-order valence-electron chi connectivity index (χ0n) is 8.49. The zero-order chi connectivity index (χ0) is 11.5. The Morgan fingerprint density at radius 1 is 1.38 bits per heavy atom. The zero-order valence-corrected chi connectivity index (χ0v) is 9.25. The molecule has 0 saturated carbocycles. The molecule has 2 aromatic rings. The Labute approximate surface area is 97.8 Å². The van der Waals surface area contributed by atoms with Crippen LogP contribution in [0.1, 0.15) is 17.4 Å². The Balaban J connectivity index is 2.12. The Hall–Kier alpha value is -1.32. The quantitative estimate of drug-likeness (QED) is 0.893. The van der Waals surface area contributed by atoms with Gasteiger partial charge in [-0.3, -0.25) is 0 Å². The summed E-state index contributed by atoms with van der Waals surface area (Å²) in [5.41, 5.74) is 6.71. The van der Waals surface area contributed by atoms with Gasteiger partial charge in [0, 0.05) is 0 Å². The van der Waals surface area contributed by atoms with Gasteiger partial charge in [0.15, 0.2) is 0 Å². The van der Waals surface area contributed by atoms with E-state index in [1.807, 2.05) is 0 Å². The summed E-state index contributed by atoms with van der Waals surface area (Å²) in [6.45, 7) is 0. The van der Waals surface area contributed by atoms with Crippen molar-refractivity contribution in [2.45, 2.75) is 12.5 Å². The number of benzene rings is 1. The molecule has 0 saturated heterocycles. The third-order valence-electron chi connectivity index (χ3n) is 2.35. The first kappa shape index (κ1) is 11.2. The third-order valence-corrected chi connectivity index (χ3v) is 2.65. The predicted molar refractivity (Wildman–Crippen MR) is 60.8 cm³/mol. The largest absolute Gasteiger partial charge is 0.468 e. The molecule has 0 radical (unpaired) electrons. The van der Waals surface area contributed by atoms with Gasteiger partial charge in [-0.2, -0.15) is 0 Å². The van der Waals surface area contributed by atoms with Crippen molar-refractivity contribution in [2.24, 2.45) is 5.73 Å². The lowest BCUT2D eigenvalue weighted by atomic mass is 10.0. The summed E-state index contributed by atoms with van der Waals surface area (Å²) >= 11 is 5.59. The van der Waals surface area contributed by atoms with Crippen LogP contribution in [0.5, 0.6) is 0 Å². The van der Waals surface area contributed by atoms with Crippen LogP contribution in [0.15, 0.2) is 41.0 Å². The van der Waals surface area contributed by atoms with Crippen LogP contribution in [0.4, 0.5) is 4.39 Å². The van der Waals surface area contributed by atoms with Gasteiger partial charge in [-0.1, -0.05) is 17.7 Å². The maximum absolute atomic E-state index is 13.2. The van der Waals surface area contributed by atoms with Gasteiger partial charge in [0.05, 0.1) is 17.3 Å². The van der Waals surface area contributed by atoms with Crippen molar-refractivity contribution in [1.82, 2.24) is 0 Å². The van der Waals surface area contributed by atoms with Crippen molar-refractivity contribution in [1.29, 1.82) is 0 Å². The molecule has 2 N–H and O–H groups in total. The fraction of sp³-hybridized carbons (Fsp3) is 0.167. The molecule has 2 nitrogen and oxygen atoms in total. The van der Waals surface area contributed by atoms with Crippen LogP contribution in [0, 0.1) is 5.82 Å². The van der Waals surface area contributed by atoms with Crippen LogP contribution in [0.2, 0.25) is 5.02 Å². The average Bonchev–Trinajstić information content (AvgIpc) is 2.77. The first-order valence-electron chi connectivity index (χ1n) is 4.89. The molecule has 0 bridgehead atoms. The van der Waals surface area contributed by atoms with Crippen molar-refractivity contribution >= 4 is 11.6 Å². The molecule has 1 atom stereocenters. The lowest BCUT2D eigenvalue weighted by Gasteiger charge is -2.09. The maximum atomic E-state index is 13.2. The fourth-order valence-electron chi connectivity index (χ4n) is 1.52. The number of hydrogen-bond acceptors (Lipinski definition) is 2. The van der Waals surface area contributed by atoms with Gasteiger partial charge in [-0.15, -0.1) is 0 Å². The molecular weight excluding hydrogens is 229 g/mol. The molecule has 0 amide bonds. The first-order valence-corrected chi connectivity index (χ1v) is 5.27. The second-order valence-electron chi connectivity index (χ2n) is 3.57. The van der Waals surface area contributed by atoms with E-state index < -0.39 is 5.82 Å². The second-order valence-corrected chi connectivity index (χ2v) is 3.98. The van der Waals surface area contributed by atoms with Crippen LogP contribution in [-0.2, 0) is 6.42 Å². The molecule has 1 aromatic carbocycles. The van der Waals surface area contributed by atoms with Gasteiger partial charge < -0.3 is 10.2 Å². The monoisotopic (exact) mass is 239 g/mol. The highest BCUT2D eigenvalue weighted by molar-refractivity contribution is 6.30. The minimum absolute atomic E-state index is 0.121. The Morgan fingerprint density at radius 2 is 2.19 bits per heavy atom. The van der Waals surface area contributed by atoms with Gasteiger partial charge in [0.25, 0.3) is 0 Å². The number of nitrogens with two attached hydrogens (primary N) is 1. The summed E-state index contributed by atoms with van der Waals surface area (Å²) in [6, 6.07) is 7.99. The van der Waals surface area contributed by atoms with Crippen LogP contribution >= 0.6 is 11.6 Å². The van der Waals surface area contributed by atoms with Gasteiger partial charge in [-0.25, -0.2) is 4.39 Å². The molecule has 0 aliphatic rings. The standard InChI is InChI=1S/C12H11ClFNO/c13-9-4-3-8(6-10(9)14)7-11(15)12-2-1-5-16-12/h1-6,11H,7,15H2. The number of furan rings is 1. The normalized spacial score (nSPS) is 12.7. The minimum atomic E-state index is -0.425. The van der Waals surface area contributed by atoms with E-state index in [1.165, 1.54) is 12.1 Å². The van der Waals surface area contributed by atoms with Crippen molar-refractivity contribution in [3.63, 3.8) is 0 Å². The van der Waals surface area contributed by atoms with E-state index in [9.17, 15) is 4.39 Å². The van der Waals surface area contributed by atoms with Gasteiger partial charge in [0.2, 0.25) is 0 Å². The predicted octanol–water partition coefficient (Wildman–Crippen LogP) is 3.31. The number of rotatable bonds is 3. The first-order chi connectivity index (χ1) is 7.66. The van der Waals surface area contributed by atoms with E-state index in [-0.39, 0.29) is 11.1 Å². The molecule has 84 valence electrons. The molecule has 0 aliphatic heterocycles. The lowest BCUT2D eigenvalue weighted by molar-refractivity contribution is 0.464. The Morgan fingerprint density at radius 3 is 2.81 bits per heavy atom. The van der Waals surface area contributed by atoms with E-state index in [1.54, 1.807) is 24.5 Å². The highest BCUT2D eigenvalue weighted by Crippen LogP contribution is 2.20. The minimum Gasteiger partial charge on any atom is -0.468 e. The molecule has 1 unspecified atom stereocenters. The summed E-state index contributed by atoms with van der Waals surface area (Å²) in [6.07, 6.45) is 2.08. The molecule has 4 heteroatoms. The summed E-state index contributed by atoms with van der Waals surface area (Å²) < 4.78 is 18.4. The average molecular weight is 240 g/mol. The molecular formula is C12H11ClFNO. The van der Waals surface area contributed by atoms with E-state index in [2.05, 4.69) is 0 Å². The summed E-state index contributed by atoms with van der Waals surface area (Å²) in [5.74, 6) is 0.265. The Kier molecular flexibility index (Phi) is 3.27. The van der Waals surface area contributed by atoms with E-state index in [4.69, 9.17) is 21.8 Å². The molecule has 0 spiro atoms. The van der Waals surface area contributed by atoms with E-state index >= 15 is 0 Å². The fourth-order valence-corrected chi connectivity index (χ4v) is 1.64. The van der Waals surface area contributed by atoms with Crippen LogP contribution in [-0.4, -0.2) is 0 Å². The van der Waals surface area contributed by atoms with E-state index in [0.29, 0.717) is 12.2 Å². The smallest absolute Gasteiger partial charge is 0.142 e. The second kappa shape index (κ2) is 4.68. The highest BCUT2D eigenvalue weighted by Gasteiger charge is 2.10. The number of halogens is 2.